The van der Waals surface area contributed by atoms with Crippen LogP contribution in [0.4, 0.5) is 0 Å². The molecule has 2 nitrogen and oxygen atoms in total. The summed E-state index contributed by atoms with van der Waals surface area (Å²) in [5.41, 5.74) is 2.92. The van der Waals surface area contributed by atoms with Crippen molar-refractivity contribution < 1.29 is 4.79 Å². The monoisotopic (exact) mass is 231 g/mol. The first kappa shape index (κ1) is 13.5. The molecule has 0 unspecified atom stereocenters. The van der Waals surface area contributed by atoms with Crippen LogP contribution in [0, 0.1) is 0 Å². The number of rotatable bonds is 4. The molecule has 0 heterocycles. The number of carbonyl (C=O) groups is 1. The topological polar surface area (TPSA) is 29.1 Å². The first-order valence-electron chi connectivity index (χ1n) is 6.10. The lowest BCUT2D eigenvalue weighted by Gasteiger charge is -2.13. The lowest BCUT2D eigenvalue weighted by molar-refractivity contribution is -0.118. The SMILES string of the molecule is CC[C@@H](C)NC(=O)/C(C)=C(/C)c1ccccc1. The number of allylic oxidation sites excluding steroid dienone is 1. The van der Waals surface area contributed by atoms with Gasteiger partial charge in [-0.3, -0.25) is 4.79 Å². The molecule has 0 saturated carbocycles. The van der Waals surface area contributed by atoms with Crippen molar-refractivity contribution in [3.05, 3.63) is 41.5 Å². The zero-order valence-electron chi connectivity index (χ0n) is 11.1. The summed E-state index contributed by atoms with van der Waals surface area (Å²) in [6.45, 7) is 7.94. The van der Waals surface area contributed by atoms with Gasteiger partial charge in [-0.15, -0.1) is 0 Å². The standard InChI is InChI=1S/C15H21NO/c1-5-11(2)16-15(17)13(4)12(3)14-9-7-6-8-10-14/h6-11H,5H2,1-4H3,(H,16,17)/b13-12-/t11-/m1/s1. The van der Waals surface area contributed by atoms with Crippen LogP contribution in [-0.4, -0.2) is 11.9 Å². The van der Waals surface area contributed by atoms with Crippen LogP contribution < -0.4 is 5.32 Å². The lowest BCUT2D eigenvalue weighted by Crippen LogP contribution is -2.32. The first-order valence-corrected chi connectivity index (χ1v) is 6.10. The Morgan fingerprint density at radius 3 is 2.35 bits per heavy atom. The number of benzene rings is 1. The van der Waals surface area contributed by atoms with Gasteiger partial charge in [0.2, 0.25) is 5.91 Å². The molecule has 2 heteroatoms. The average Bonchev–Trinajstić information content (AvgIpc) is 2.37. The molecule has 0 aliphatic heterocycles. The van der Waals surface area contributed by atoms with Gasteiger partial charge in [0.1, 0.15) is 0 Å². The van der Waals surface area contributed by atoms with Gasteiger partial charge in [-0.05, 0) is 38.3 Å². The van der Waals surface area contributed by atoms with E-state index in [0.717, 1.165) is 23.1 Å². The summed E-state index contributed by atoms with van der Waals surface area (Å²) in [6.07, 6.45) is 0.948. The van der Waals surface area contributed by atoms with Crippen LogP contribution in [0.25, 0.3) is 5.57 Å². The van der Waals surface area contributed by atoms with Crippen LogP contribution in [0.2, 0.25) is 0 Å². The maximum atomic E-state index is 12.0. The predicted molar refractivity (Wildman–Crippen MR) is 72.6 cm³/mol. The Hall–Kier alpha value is -1.57. The molecular formula is C15H21NO. The lowest BCUT2D eigenvalue weighted by atomic mass is 10.0. The van der Waals surface area contributed by atoms with E-state index < -0.39 is 0 Å². The first-order chi connectivity index (χ1) is 8.06. The van der Waals surface area contributed by atoms with Crippen molar-refractivity contribution in [1.82, 2.24) is 5.32 Å². The fraction of sp³-hybridized carbons (Fsp3) is 0.400. The van der Waals surface area contributed by atoms with Crippen molar-refractivity contribution >= 4 is 11.5 Å². The highest BCUT2D eigenvalue weighted by Gasteiger charge is 2.10. The quantitative estimate of drug-likeness (QED) is 0.791. The Morgan fingerprint density at radius 1 is 1.24 bits per heavy atom. The normalized spacial score (nSPS) is 13.9. The van der Waals surface area contributed by atoms with Gasteiger partial charge < -0.3 is 5.32 Å². The molecule has 1 aromatic carbocycles. The number of hydrogen-bond acceptors (Lipinski definition) is 1. The highest BCUT2D eigenvalue weighted by atomic mass is 16.1. The highest BCUT2D eigenvalue weighted by Crippen LogP contribution is 2.17. The number of nitrogens with one attached hydrogen (secondary N) is 1. The number of amides is 1. The van der Waals surface area contributed by atoms with Crippen molar-refractivity contribution in [2.75, 3.05) is 0 Å². The highest BCUT2D eigenvalue weighted by molar-refractivity contribution is 6.00. The molecule has 0 spiro atoms. The molecule has 1 rings (SSSR count). The molecule has 1 amide bonds. The summed E-state index contributed by atoms with van der Waals surface area (Å²) >= 11 is 0. The molecule has 0 fully saturated rings. The van der Waals surface area contributed by atoms with Gasteiger partial charge in [0.15, 0.2) is 0 Å². The van der Waals surface area contributed by atoms with E-state index >= 15 is 0 Å². The van der Waals surface area contributed by atoms with Crippen LogP contribution in [0.1, 0.15) is 39.7 Å². The summed E-state index contributed by atoms with van der Waals surface area (Å²) in [7, 11) is 0. The number of hydrogen-bond donors (Lipinski definition) is 1. The van der Waals surface area contributed by atoms with Gasteiger partial charge in [-0.2, -0.15) is 0 Å². The van der Waals surface area contributed by atoms with Crippen molar-refractivity contribution in [3.63, 3.8) is 0 Å². The van der Waals surface area contributed by atoms with E-state index in [1.807, 2.05) is 51.1 Å². The summed E-state index contributed by atoms with van der Waals surface area (Å²) in [4.78, 5) is 12.0. The van der Waals surface area contributed by atoms with Gasteiger partial charge in [-0.25, -0.2) is 0 Å². The van der Waals surface area contributed by atoms with Crippen LogP contribution in [-0.2, 0) is 4.79 Å². The van der Waals surface area contributed by atoms with Crippen molar-refractivity contribution in [1.29, 1.82) is 0 Å². The minimum absolute atomic E-state index is 0.0284. The van der Waals surface area contributed by atoms with E-state index in [1.165, 1.54) is 0 Å². The third kappa shape index (κ3) is 3.74. The minimum atomic E-state index is 0.0284. The van der Waals surface area contributed by atoms with Crippen LogP contribution >= 0.6 is 0 Å². The second-order valence-corrected chi connectivity index (χ2v) is 4.40. The van der Waals surface area contributed by atoms with E-state index in [2.05, 4.69) is 12.2 Å². The summed E-state index contributed by atoms with van der Waals surface area (Å²) in [5, 5.41) is 2.98. The van der Waals surface area contributed by atoms with Gasteiger partial charge >= 0.3 is 0 Å². The molecule has 0 radical (unpaired) electrons. The summed E-state index contributed by atoms with van der Waals surface area (Å²) in [6, 6.07) is 10.2. The molecule has 1 atom stereocenters. The fourth-order valence-corrected chi connectivity index (χ4v) is 1.51. The van der Waals surface area contributed by atoms with Gasteiger partial charge in [0.05, 0.1) is 0 Å². The Bertz CT molecular complexity index is 406. The molecule has 0 aliphatic carbocycles. The molecule has 92 valence electrons. The Kier molecular flexibility index (Phi) is 4.95. The smallest absolute Gasteiger partial charge is 0.247 e. The van der Waals surface area contributed by atoms with Crippen LogP contribution in [0.5, 0.6) is 0 Å². The molecule has 1 N–H and O–H groups in total. The average molecular weight is 231 g/mol. The zero-order valence-corrected chi connectivity index (χ0v) is 11.1. The second-order valence-electron chi connectivity index (χ2n) is 4.40. The van der Waals surface area contributed by atoms with Gasteiger partial charge in [0.25, 0.3) is 0 Å². The molecule has 17 heavy (non-hydrogen) atoms. The maximum absolute atomic E-state index is 12.0. The van der Waals surface area contributed by atoms with E-state index in [9.17, 15) is 4.79 Å². The molecular weight excluding hydrogens is 210 g/mol. The van der Waals surface area contributed by atoms with E-state index in [4.69, 9.17) is 0 Å². The second kappa shape index (κ2) is 6.24. The molecule has 0 aromatic heterocycles. The Labute approximate surface area is 104 Å². The Morgan fingerprint density at radius 2 is 1.82 bits per heavy atom. The van der Waals surface area contributed by atoms with Crippen LogP contribution in [0.3, 0.4) is 0 Å². The fourth-order valence-electron chi connectivity index (χ4n) is 1.51. The van der Waals surface area contributed by atoms with Gasteiger partial charge in [-0.1, -0.05) is 37.3 Å². The van der Waals surface area contributed by atoms with E-state index in [0.29, 0.717) is 0 Å². The third-order valence-electron chi connectivity index (χ3n) is 3.10. The van der Waals surface area contributed by atoms with E-state index in [-0.39, 0.29) is 11.9 Å². The van der Waals surface area contributed by atoms with Crippen molar-refractivity contribution in [2.24, 2.45) is 0 Å². The Balaban J connectivity index is 2.86. The van der Waals surface area contributed by atoms with Crippen molar-refractivity contribution in [3.8, 4) is 0 Å². The zero-order chi connectivity index (χ0) is 12.8. The predicted octanol–water partition coefficient (Wildman–Crippen LogP) is 3.39. The van der Waals surface area contributed by atoms with Crippen LogP contribution in [0.15, 0.2) is 35.9 Å². The maximum Gasteiger partial charge on any atom is 0.247 e. The third-order valence-corrected chi connectivity index (χ3v) is 3.10. The molecule has 0 bridgehead atoms. The summed E-state index contributed by atoms with van der Waals surface area (Å²) < 4.78 is 0. The van der Waals surface area contributed by atoms with Gasteiger partial charge in [0, 0.05) is 11.6 Å². The molecule has 1 aromatic rings. The number of carbonyl (C=O) groups excluding carboxylic acids is 1. The molecule has 0 aliphatic rings. The minimum Gasteiger partial charge on any atom is -0.350 e. The van der Waals surface area contributed by atoms with Crippen molar-refractivity contribution in [2.45, 2.75) is 40.2 Å². The summed E-state index contributed by atoms with van der Waals surface area (Å²) in [5.74, 6) is 0.0284. The molecule has 0 saturated heterocycles. The largest absolute Gasteiger partial charge is 0.350 e. The van der Waals surface area contributed by atoms with E-state index in [1.54, 1.807) is 0 Å².